The van der Waals surface area contributed by atoms with Crippen LogP contribution < -0.4 is 14.4 Å². The molecule has 1 amide bonds. The summed E-state index contributed by atoms with van der Waals surface area (Å²) in [7, 11) is -2.14. The molecule has 1 N–H and O–H groups in total. The Kier molecular flexibility index (Phi) is 5.40. The highest BCUT2D eigenvalue weighted by atomic mass is 32.2. The van der Waals surface area contributed by atoms with Crippen LogP contribution in [0, 0.1) is 0 Å². The van der Waals surface area contributed by atoms with Gasteiger partial charge in [-0.25, -0.2) is 8.42 Å². The van der Waals surface area contributed by atoms with Crippen LogP contribution in [0.4, 0.5) is 11.4 Å². The number of amides is 1. The number of nitrogens with one attached hydrogen (secondary N) is 1. The van der Waals surface area contributed by atoms with E-state index in [1.54, 1.807) is 42.6 Å². The number of methoxy groups -OCH3 is 1. The fourth-order valence-corrected chi connectivity index (χ4v) is 3.40. The average Bonchev–Trinajstić information content (AvgIpc) is 2.55. The van der Waals surface area contributed by atoms with Crippen molar-refractivity contribution >= 4 is 27.3 Å². The lowest BCUT2D eigenvalue weighted by Crippen LogP contribution is -2.45. The number of rotatable bonds is 6. The molecule has 0 unspecified atom stereocenters. The molecule has 0 saturated carbocycles. The molecule has 24 heavy (non-hydrogen) atoms. The molecule has 1 atom stereocenters. The lowest BCUT2D eigenvalue weighted by molar-refractivity contribution is -0.116. The predicted octanol–water partition coefficient (Wildman–Crippen LogP) is 1.88. The number of aromatic nitrogens is 1. The third kappa shape index (κ3) is 4.23. The van der Waals surface area contributed by atoms with Crippen molar-refractivity contribution in [1.29, 1.82) is 0 Å². The van der Waals surface area contributed by atoms with Gasteiger partial charge in [-0.2, -0.15) is 0 Å². The molecule has 1 aromatic carbocycles. The first-order valence-corrected chi connectivity index (χ1v) is 9.02. The molecule has 7 nitrogen and oxygen atoms in total. The molecule has 2 aromatic rings. The maximum absolute atomic E-state index is 12.4. The number of sulfonamides is 1. The lowest BCUT2D eigenvalue weighted by Gasteiger charge is -2.28. The van der Waals surface area contributed by atoms with Crippen LogP contribution in [0.25, 0.3) is 0 Å². The van der Waals surface area contributed by atoms with E-state index in [2.05, 4.69) is 10.3 Å². The molecule has 1 heterocycles. The number of ether oxygens (including phenoxy) is 1. The Balaban J connectivity index is 2.28. The highest BCUT2D eigenvalue weighted by Crippen LogP contribution is 2.24. The lowest BCUT2D eigenvalue weighted by atomic mass is 10.2. The van der Waals surface area contributed by atoms with Gasteiger partial charge >= 0.3 is 0 Å². The number of nitrogens with zero attached hydrogens (tertiary/aromatic N) is 2. The van der Waals surface area contributed by atoms with E-state index in [1.807, 2.05) is 0 Å². The van der Waals surface area contributed by atoms with Gasteiger partial charge in [-0.05, 0) is 43.3 Å². The molecule has 128 valence electrons. The van der Waals surface area contributed by atoms with E-state index in [4.69, 9.17) is 4.74 Å². The summed E-state index contributed by atoms with van der Waals surface area (Å²) in [6.07, 6.45) is 4.13. The number of hydrogen-bond acceptors (Lipinski definition) is 5. The second-order valence-corrected chi connectivity index (χ2v) is 7.02. The van der Waals surface area contributed by atoms with Crippen LogP contribution in [0.2, 0.25) is 0 Å². The van der Waals surface area contributed by atoms with E-state index < -0.39 is 22.0 Å². The van der Waals surface area contributed by atoms with Gasteiger partial charge in [0.15, 0.2) is 0 Å². The molecule has 0 bridgehead atoms. The smallest absolute Gasteiger partial charge is 0.248 e. The first-order valence-electron chi connectivity index (χ1n) is 7.17. The first-order chi connectivity index (χ1) is 11.3. The minimum Gasteiger partial charge on any atom is -0.497 e. The van der Waals surface area contributed by atoms with E-state index in [0.29, 0.717) is 17.1 Å². The van der Waals surface area contributed by atoms with E-state index in [1.165, 1.54) is 20.2 Å². The zero-order valence-corrected chi connectivity index (χ0v) is 14.4. The van der Waals surface area contributed by atoms with Gasteiger partial charge in [-0.15, -0.1) is 0 Å². The van der Waals surface area contributed by atoms with Gasteiger partial charge < -0.3 is 10.1 Å². The molecule has 2 rings (SSSR count). The van der Waals surface area contributed by atoms with Gasteiger partial charge in [0.25, 0.3) is 0 Å². The van der Waals surface area contributed by atoms with Gasteiger partial charge in [0, 0.05) is 6.20 Å². The van der Waals surface area contributed by atoms with Crippen LogP contribution in [0.3, 0.4) is 0 Å². The van der Waals surface area contributed by atoms with Crippen molar-refractivity contribution in [1.82, 2.24) is 4.98 Å². The number of benzene rings is 1. The van der Waals surface area contributed by atoms with Crippen molar-refractivity contribution < 1.29 is 17.9 Å². The van der Waals surface area contributed by atoms with Crippen molar-refractivity contribution in [3.8, 4) is 5.75 Å². The minimum absolute atomic E-state index is 0.382. The topological polar surface area (TPSA) is 88.6 Å². The molecule has 0 fully saturated rings. The maximum Gasteiger partial charge on any atom is 0.248 e. The van der Waals surface area contributed by atoms with Gasteiger partial charge in [0.1, 0.15) is 11.8 Å². The fourth-order valence-electron chi connectivity index (χ4n) is 2.22. The van der Waals surface area contributed by atoms with Crippen molar-refractivity contribution in [2.75, 3.05) is 23.0 Å². The van der Waals surface area contributed by atoms with Crippen molar-refractivity contribution in [2.45, 2.75) is 13.0 Å². The third-order valence-corrected chi connectivity index (χ3v) is 4.59. The van der Waals surface area contributed by atoms with E-state index in [9.17, 15) is 13.2 Å². The molecule has 0 spiro atoms. The second kappa shape index (κ2) is 7.31. The summed E-state index contributed by atoms with van der Waals surface area (Å²) >= 11 is 0. The summed E-state index contributed by atoms with van der Waals surface area (Å²) in [5.74, 6) is 0.143. The van der Waals surface area contributed by atoms with Crippen LogP contribution in [0.5, 0.6) is 5.75 Å². The molecular formula is C16H19N3O4S. The Hall–Kier alpha value is -2.61. The Bertz CT molecular complexity index is 792. The summed E-state index contributed by atoms with van der Waals surface area (Å²) in [5.41, 5.74) is 0.879. The molecule has 1 aromatic heterocycles. The van der Waals surface area contributed by atoms with Crippen molar-refractivity contribution in [3.05, 3.63) is 48.8 Å². The van der Waals surface area contributed by atoms with Crippen LogP contribution >= 0.6 is 0 Å². The van der Waals surface area contributed by atoms with Gasteiger partial charge in [0.05, 0.1) is 30.9 Å². The highest BCUT2D eigenvalue weighted by molar-refractivity contribution is 7.92. The van der Waals surface area contributed by atoms with Crippen LogP contribution in [-0.2, 0) is 14.8 Å². The van der Waals surface area contributed by atoms with E-state index >= 15 is 0 Å². The first kappa shape index (κ1) is 17.7. The van der Waals surface area contributed by atoms with Crippen molar-refractivity contribution in [2.24, 2.45) is 0 Å². The molecule has 0 aliphatic heterocycles. The zero-order chi connectivity index (χ0) is 17.7. The number of carbonyl (C=O) groups excluding carboxylic acids is 1. The molecule has 8 heteroatoms. The second-order valence-electron chi connectivity index (χ2n) is 5.16. The van der Waals surface area contributed by atoms with Crippen LogP contribution in [-0.4, -0.2) is 38.7 Å². The largest absolute Gasteiger partial charge is 0.497 e. The number of carbonyl (C=O) groups is 1. The molecular weight excluding hydrogens is 330 g/mol. The quantitative estimate of drug-likeness (QED) is 0.860. The molecule has 0 radical (unpaired) electrons. The minimum atomic E-state index is -3.66. The normalized spacial score (nSPS) is 12.3. The molecule has 0 aliphatic rings. The number of anilines is 2. The third-order valence-electron chi connectivity index (χ3n) is 3.34. The van der Waals surface area contributed by atoms with Crippen LogP contribution in [0.1, 0.15) is 6.92 Å². The summed E-state index contributed by atoms with van der Waals surface area (Å²) in [4.78, 5) is 16.3. The number of hydrogen-bond donors (Lipinski definition) is 1. The SMILES string of the molecule is COc1ccc(N([C@@H](C)C(=O)Nc2cccnc2)S(C)(=O)=O)cc1. The summed E-state index contributed by atoms with van der Waals surface area (Å²) < 4.78 is 30.5. The maximum atomic E-state index is 12.4. The average molecular weight is 349 g/mol. The van der Waals surface area contributed by atoms with Crippen LogP contribution in [0.15, 0.2) is 48.8 Å². The zero-order valence-electron chi connectivity index (χ0n) is 13.6. The summed E-state index contributed by atoms with van der Waals surface area (Å²) in [6, 6.07) is 8.88. The monoisotopic (exact) mass is 349 g/mol. The summed E-state index contributed by atoms with van der Waals surface area (Å²) in [6.45, 7) is 1.52. The Morgan fingerprint density at radius 1 is 1.25 bits per heavy atom. The van der Waals surface area contributed by atoms with Crippen molar-refractivity contribution in [3.63, 3.8) is 0 Å². The van der Waals surface area contributed by atoms with Gasteiger partial charge in [-0.1, -0.05) is 0 Å². The highest BCUT2D eigenvalue weighted by Gasteiger charge is 2.29. The Morgan fingerprint density at radius 3 is 2.42 bits per heavy atom. The molecule has 0 saturated heterocycles. The van der Waals surface area contributed by atoms with Gasteiger partial charge in [-0.3, -0.25) is 14.1 Å². The fraction of sp³-hybridized carbons (Fsp3) is 0.250. The van der Waals surface area contributed by atoms with Gasteiger partial charge in [0.2, 0.25) is 15.9 Å². The van der Waals surface area contributed by atoms with E-state index in [0.717, 1.165) is 10.6 Å². The Morgan fingerprint density at radius 2 is 1.92 bits per heavy atom. The Labute approximate surface area is 141 Å². The standard InChI is InChI=1S/C16H19N3O4S/c1-12(16(20)18-13-5-4-10-17-11-13)19(24(3,21)22)14-6-8-15(23-2)9-7-14/h4-12H,1-3H3,(H,18,20)/t12-/m0/s1. The summed E-state index contributed by atoms with van der Waals surface area (Å²) in [5, 5.41) is 2.65. The number of pyridine rings is 1. The van der Waals surface area contributed by atoms with E-state index in [-0.39, 0.29) is 0 Å². The predicted molar refractivity (Wildman–Crippen MR) is 92.6 cm³/mol. The molecule has 0 aliphatic carbocycles.